The van der Waals surface area contributed by atoms with E-state index in [4.69, 9.17) is 5.11 Å². The van der Waals surface area contributed by atoms with Crippen LogP contribution in [0.3, 0.4) is 0 Å². The molecule has 0 spiro atoms. The van der Waals surface area contributed by atoms with Crippen molar-refractivity contribution in [1.82, 2.24) is 0 Å². The number of benzene rings is 2. The third-order valence-electron chi connectivity index (χ3n) is 2.60. The van der Waals surface area contributed by atoms with E-state index in [9.17, 15) is 5.11 Å². The van der Waals surface area contributed by atoms with Crippen LogP contribution in [0.25, 0.3) is 10.8 Å². The molecule has 78 valence electrons. The minimum atomic E-state index is 0.204. The standard InChI is InChI=1S/C13H14O2/c14-9-3-4-10-7-8-13(15)12-6-2-1-5-11(10)12/h1-2,5-8,14-15H,3-4,9H2. The number of phenols is 1. The number of aryl methyl sites for hydroxylation is 1. The lowest BCUT2D eigenvalue weighted by atomic mass is 10.0. The number of hydrogen-bond donors (Lipinski definition) is 2. The maximum absolute atomic E-state index is 9.67. The number of aromatic hydroxyl groups is 1. The van der Waals surface area contributed by atoms with Crippen LogP contribution in [0.15, 0.2) is 36.4 Å². The Bertz CT molecular complexity index is 463. The van der Waals surface area contributed by atoms with Gasteiger partial charge in [-0.15, -0.1) is 0 Å². The Morgan fingerprint density at radius 1 is 0.933 bits per heavy atom. The molecule has 0 aromatic heterocycles. The summed E-state index contributed by atoms with van der Waals surface area (Å²) in [6.07, 6.45) is 1.60. The summed E-state index contributed by atoms with van der Waals surface area (Å²) in [6, 6.07) is 11.4. The number of phenolic OH excluding ortho intramolecular Hbond substituents is 1. The number of hydrogen-bond acceptors (Lipinski definition) is 2. The SMILES string of the molecule is OCCCc1ccc(O)c2ccccc12. The highest BCUT2D eigenvalue weighted by Crippen LogP contribution is 2.27. The molecule has 2 aromatic rings. The molecule has 0 atom stereocenters. The van der Waals surface area contributed by atoms with Gasteiger partial charge in [0.15, 0.2) is 0 Å². The van der Waals surface area contributed by atoms with Crippen LogP contribution in [-0.4, -0.2) is 16.8 Å². The van der Waals surface area contributed by atoms with Crippen LogP contribution in [-0.2, 0) is 6.42 Å². The average Bonchev–Trinajstić information content (AvgIpc) is 2.29. The first-order chi connectivity index (χ1) is 7.33. The smallest absolute Gasteiger partial charge is 0.123 e. The molecule has 15 heavy (non-hydrogen) atoms. The van der Waals surface area contributed by atoms with E-state index < -0.39 is 0 Å². The van der Waals surface area contributed by atoms with Crippen LogP contribution in [0.2, 0.25) is 0 Å². The van der Waals surface area contributed by atoms with Crippen molar-refractivity contribution >= 4 is 10.8 Å². The molecule has 0 fully saturated rings. The van der Waals surface area contributed by atoms with Crippen molar-refractivity contribution in [2.45, 2.75) is 12.8 Å². The van der Waals surface area contributed by atoms with Gasteiger partial charge in [-0.05, 0) is 29.9 Å². The van der Waals surface area contributed by atoms with Crippen molar-refractivity contribution in [3.8, 4) is 5.75 Å². The monoisotopic (exact) mass is 202 g/mol. The van der Waals surface area contributed by atoms with Crippen molar-refractivity contribution in [1.29, 1.82) is 0 Å². The fraction of sp³-hybridized carbons (Fsp3) is 0.231. The van der Waals surface area contributed by atoms with Crippen LogP contribution in [0.1, 0.15) is 12.0 Å². The highest BCUT2D eigenvalue weighted by molar-refractivity contribution is 5.90. The molecule has 0 unspecified atom stereocenters. The van der Waals surface area contributed by atoms with Gasteiger partial charge in [-0.1, -0.05) is 30.3 Å². The van der Waals surface area contributed by atoms with Gasteiger partial charge in [0.25, 0.3) is 0 Å². The Kier molecular flexibility index (Phi) is 2.88. The summed E-state index contributed by atoms with van der Waals surface area (Å²) in [5.74, 6) is 0.318. The molecule has 2 N–H and O–H groups in total. The minimum absolute atomic E-state index is 0.204. The van der Waals surface area contributed by atoms with Crippen molar-refractivity contribution < 1.29 is 10.2 Å². The Morgan fingerprint density at radius 2 is 1.67 bits per heavy atom. The Morgan fingerprint density at radius 3 is 2.40 bits per heavy atom. The van der Waals surface area contributed by atoms with Crippen molar-refractivity contribution in [2.24, 2.45) is 0 Å². The molecule has 0 saturated heterocycles. The van der Waals surface area contributed by atoms with E-state index in [0.717, 1.165) is 23.6 Å². The van der Waals surface area contributed by atoms with Crippen LogP contribution < -0.4 is 0 Å². The van der Waals surface area contributed by atoms with E-state index in [2.05, 4.69) is 0 Å². The Labute approximate surface area is 88.8 Å². The second-order valence-corrected chi connectivity index (χ2v) is 3.62. The molecule has 0 aliphatic rings. The van der Waals surface area contributed by atoms with E-state index in [1.165, 1.54) is 5.56 Å². The van der Waals surface area contributed by atoms with Crippen LogP contribution in [0.5, 0.6) is 5.75 Å². The summed E-state index contributed by atoms with van der Waals surface area (Å²) >= 11 is 0. The highest BCUT2D eigenvalue weighted by Gasteiger charge is 2.03. The normalized spacial score (nSPS) is 10.7. The molecular formula is C13H14O2. The van der Waals surface area contributed by atoms with Crippen LogP contribution >= 0.6 is 0 Å². The molecule has 2 nitrogen and oxygen atoms in total. The van der Waals surface area contributed by atoms with E-state index in [-0.39, 0.29) is 6.61 Å². The zero-order chi connectivity index (χ0) is 10.7. The average molecular weight is 202 g/mol. The molecule has 0 saturated carbocycles. The summed E-state index contributed by atoms with van der Waals surface area (Å²) in [5, 5.41) is 20.4. The Balaban J connectivity index is 2.51. The van der Waals surface area contributed by atoms with Crippen LogP contribution in [0, 0.1) is 0 Å². The zero-order valence-corrected chi connectivity index (χ0v) is 8.48. The van der Waals surface area contributed by atoms with E-state index in [0.29, 0.717) is 5.75 Å². The predicted molar refractivity (Wildman–Crippen MR) is 61.0 cm³/mol. The first-order valence-corrected chi connectivity index (χ1v) is 5.13. The lowest BCUT2D eigenvalue weighted by molar-refractivity contribution is 0.289. The van der Waals surface area contributed by atoms with Crippen molar-refractivity contribution in [3.05, 3.63) is 42.0 Å². The van der Waals surface area contributed by atoms with Gasteiger partial charge in [0.2, 0.25) is 0 Å². The molecular weight excluding hydrogens is 188 g/mol. The van der Waals surface area contributed by atoms with E-state index in [1.807, 2.05) is 30.3 Å². The predicted octanol–water partition coefficient (Wildman–Crippen LogP) is 2.47. The lowest BCUT2D eigenvalue weighted by Crippen LogP contribution is -1.90. The fourth-order valence-electron chi connectivity index (χ4n) is 1.83. The van der Waals surface area contributed by atoms with Gasteiger partial charge in [0, 0.05) is 12.0 Å². The summed E-state index contributed by atoms with van der Waals surface area (Å²) in [6.45, 7) is 0.204. The molecule has 0 aliphatic heterocycles. The van der Waals surface area contributed by atoms with Gasteiger partial charge in [-0.3, -0.25) is 0 Å². The molecule has 0 radical (unpaired) electrons. The molecule has 2 rings (SSSR count). The quantitative estimate of drug-likeness (QED) is 0.802. The van der Waals surface area contributed by atoms with Crippen molar-refractivity contribution in [2.75, 3.05) is 6.61 Å². The number of fused-ring (bicyclic) bond motifs is 1. The third kappa shape index (κ3) is 1.95. The van der Waals surface area contributed by atoms with E-state index in [1.54, 1.807) is 6.07 Å². The number of rotatable bonds is 3. The minimum Gasteiger partial charge on any atom is -0.507 e. The third-order valence-corrected chi connectivity index (χ3v) is 2.60. The van der Waals surface area contributed by atoms with Crippen LogP contribution in [0.4, 0.5) is 0 Å². The maximum atomic E-state index is 9.67. The van der Waals surface area contributed by atoms with Gasteiger partial charge in [-0.2, -0.15) is 0 Å². The van der Waals surface area contributed by atoms with Crippen molar-refractivity contribution in [3.63, 3.8) is 0 Å². The molecule has 2 heteroatoms. The van der Waals surface area contributed by atoms with E-state index >= 15 is 0 Å². The second kappa shape index (κ2) is 4.32. The van der Waals surface area contributed by atoms with Gasteiger partial charge in [-0.25, -0.2) is 0 Å². The highest BCUT2D eigenvalue weighted by atomic mass is 16.3. The lowest BCUT2D eigenvalue weighted by Gasteiger charge is -2.07. The summed E-state index contributed by atoms with van der Waals surface area (Å²) in [7, 11) is 0. The molecule has 0 amide bonds. The summed E-state index contributed by atoms with van der Waals surface area (Å²) in [4.78, 5) is 0. The summed E-state index contributed by atoms with van der Waals surface area (Å²) < 4.78 is 0. The van der Waals surface area contributed by atoms with Gasteiger partial charge < -0.3 is 10.2 Å². The molecule has 2 aromatic carbocycles. The van der Waals surface area contributed by atoms with Gasteiger partial charge in [0.05, 0.1) is 0 Å². The maximum Gasteiger partial charge on any atom is 0.123 e. The zero-order valence-electron chi connectivity index (χ0n) is 8.48. The molecule has 0 aliphatic carbocycles. The molecule has 0 heterocycles. The first-order valence-electron chi connectivity index (χ1n) is 5.13. The molecule has 0 bridgehead atoms. The van der Waals surface area contributed by atoms with Gasteiger partial charge in [0.1, 0.15) is 5.75 Å². The second-order valence-electron chi connectivity index (χ2n) is 3.62. The topological polar surface area (TPSA) is 40.5 Å². The summed E-state index contributed by atoms with van der Waals surface area (Å²) in [5.41, 5.74) is 1.18. The fourth-order valence-corrected chi connectivity index (χ4v) is 1.83. The Hall–Kier alpha value is -1.54. The number of aliphatic hydroxyl groups excluding tert-OH is 1. The van der Waals surface area contributed by atoms with Gasteiger partial charge >= 0.3 is 0 Å². The largest absolute Gasteiger partial charge is 0.507 e. The number of aliphatic hydroxyl groups is 1. The first kappa shape index (κ1) is 9.99.